The molecule has 1 aliphatic heterocycles. The first kappa shape index (κ1) is 18.4. The van der Waals surface area contributed by atoms with E-state index in [0.29, 0.717) is 24.5 Å². The van der Waals surface area contributed by atoms with Crippen LogP contribution in [0.25, 0.3) is 0 Å². The van der Waals surface area contributed by atoms with Crippen LogP contribution in [0.2, 0.25) is 0 Å². The van der Waals surface area contributed by atoms with Crippen LogP contribution >= 0.6 is 15.9 Å². The van der Waals surface area contributed by atoms with Crippen LogP contribution in [0.3, 0.4) is 0 Å². The smallest absolute Gasteiger partial charge is 0.257 e. The highest BCUT2D eigenvalue weighted by atomic mass is 79.9. The SMILES string of the molecule is NC(=O)C1CN(C(=O)c2ccccc2OCc2ccccc2Br)CCO1. The number of benzene rings is 2. The third-order valence-electron chi connectivity index (χ3n) is 4.13. The lowest BCUT2D eigenvalue weighted by atomic mass is 10.1. The summed E-state index contributed by atoms with van der Waals surface area (Å²) in [6.07, 6.45) is -0.777. The van der Waals surface area contributed by atoms with Crippen LogP contribution in [0.4, 0.5) is 0 Å². The summed E-state index contributed by atoms with van der Waals surface area (Å²) in [4.78, 5) is 25.8. The van der Waals surface area contributed by atoms with E-state index in [1.165, 1.54) is 0 Å². The number of amides is 2. The molecular weight excluding hydrogens is 400 g/mol. The zero-order chi connectivity index (χ0) is 18.5. The van der Waals surface area contributed by atoms with Crippen molar-refractivity contribution in [3.63, 3.8) is 0 Å². The van der Waals surface area contributed by atoms with E-state index in [2.05, 4.69) is 15.9 Å². The van der Waals surface area contributed by atoms with Gasteiger partial charge in [-0.1, -0.05) is 46.3 Å². The van der Waals surface area contributed by atoms with Gasteiger partial charge in [-0.2, -0.15) is 0 Å². The van der Waals surface area contributed by atoms with Gasteiger partial charge in [0, 0.05) is 16.6 Å². The summed E-state index contributed by atoms with van der Waals surface area (Å²) < 4.78 is 12.1. The number of ether oxygens (including phenoxy) is 2. The maximum absolute atomic E-state index is 12.9. The highest BCUT2D eigenvalue weighted by Gasteiger charge is 2.29. The van der Waals surface area contributed by atoms with Gasteiger partial charge in [0.25, 0.3) is 5.91 Å². The van der Waals surface area contributed by atoms with Crippen LogP contribution in [-0.2, 0) is 16.1 Å². The fourth-order valence-electron chi connectivity index (χ4n) is 2.72. The molecule has 1 unspecified atom stereocenters. The second-order valence-corrected chi connectivity index (χ2v) is 6.74. The third-order valence-corrected chi connectivity index (χ3v) is 4.90. The number of carbonyl (C=O) groups excluding carboxylic acids is 2. The molecule has 0 aliphatic carbocycles. The van der Waals surface area contributed by atoms with E-state index in [-0.39, 0.29) is 19.1 Å². The molecule has 0 saturated carbocycles. The fraction of sp³-hybridized carbons (Fsp3) is 0.263. The number of para-hydroxylation sites is 1. The predicted molar refractivity (Wildman–Crippen MR) is 99.8 cm³/mol. The average Bonchev–Trinajstić information content (AvgIpc) is 2.67. The van der Waals surface area contributed by atoms with Crippen molar-refractivity contribution >= 4 is 27.7 Å². The summed E-state index contributed by atoms with van der Waals surface area (Å²) in [6.45, 7) is 1.16. The molecule has 2 aromatic rings. The monoisotopic (exact) mass is 418 g/mol. The molecule has 1 fully saturated rings. The molecule has 1 saturated heterocycles. The number of rotatable bonds is 5. The molecule has 2 aromatic carbocycles. The maximum atomic E-state index is 12.9. The Labute approximate surface area is 160 Å². The molecule has 0 bridgehead atoms. The Balaban J connectivity index is 1.75. The van der Waals surface area contributed by atoms with Crippen molar-refractivity contribution < 1.29 is 19.1 Å². The van der Waals surface area contributed by atoms with E-state index in [4.69, 9.17) is 15.2 Å². The highest BCUT2D eigenvalue weighted by Crippen LogP contribution is 2.24. The van der Waals surface area contributed by atoms with E-state index < -0.39 is 12.0 Å². The van der Waals surface area contributed by atoms with Crippen LogP contribution in [0, 0.1) is 0 Å². The maximum Gasteiger partial charge on any atom is 0.257 e. The summed E-state index contributed by atoms with van der Waals surface area (Å²) in [5.74, 6) is -0.279. The van der Waals surface area contributed by atoms with Crippen LogP contribution < -0.4 is 10.5 Å². The van der Waals surface area contributed by atoms with E-state index in [9.17, 15) is 9.59 Å². The van der Waals surface area contributed by atoms with Gasteiger partial charge in [0.2, 0.25) is 5.91 Å². The summed E-state index contributed by atoms with van der Waals surface area (Å²) >= 11 is 3.49. The Morgan fingerprint density at radius 1 is 1.19 bits per heavy atom. The number of halogens is 1. The van der Waals surface area contributed by atoms with Crippen LogP contribution in [-0.4, -0.2) is 42.5 Å². The average molecular weight is 419 g/mol. The highest BCUT2D eigenvalue weighted by molar-refractivity contribution is 9.10. The molecule has 2 amide bonds. The first-order valence-corrected chi connectivity index (χ1v) is 9.01. The van der Waals surface area contributed by atoms with Crippen LogP contribution in [0.5, 0.6) is 5.75 Å². The van der Waals surface area contributed by atoms with Crippen molar-refractivity contribution in [3.8, 4) is 5.75 Å². The molecule has 0 spiro atoms. The number of nitrogens with zero attached hydrogens (tertiary/aromatic N) is 1. The van der Waals surface area contributed by atoms with Crippen molar-refractivity contribution in [2.45, 2.75) is 12.7 Å². The Morgan fingerprint density at radius 2 is 1.92 bits per heavy atom. The molecule has 3 rings (SSSR count). The quantitative estimate of drug-likeness (QED) is 0.807. The van der Waals surface area contributed by atoms with Gasteiger partial charge in [-0.15, -0.1) is 0 Å². The predicted octanol–water partition coefficient (Wildman–Crippen LogP) is 2.35. The Morgan fingerprint density at radius 3 is 2.69 bits per heavy atom. The van der Waals surface area contributed by atoms with E-state index in [1.807, 2.05) is 30.3 Å². The van der Waals surface area contributed by atoms with Gasteiger partial charge in [-0.3, -0.25) is 9.59 Å². The molecule has 0 aromatic heterocycles. The standard InChI is InChI=1S/C19H19BrN2O4/c20-15-7-3-1-5-13(15)12-26-16-8-4-2-6-14(16)19(24)22-9-10-25-17(11-22)18(21)23/h1-8,17H,9-12H2,(H2,21,23). The molecule has 2 N–H and O–H groups in total. The van der Waals surface area contributed by atoms with Gasteiger partial charge in [-0.05, 0) is 18.2 Å². The molecule has 1 heterocycles. The molecule has 7 heteroatoms. The van der Waals surface area contributed by atoms with Crippen molar-refractivity contribution in [3.05, 3.63) is 64.1 Å². The summed E-state index contributed by atoms with van der Waals surface area (Å²) in [6, 6.07) is 14.8. The van der Waals surface area contributed by atoms with Gasteiger partial charge in [0.1, 0.15) is 12.4 Å². The molecular formula is C19H19BrN2O4. The number of hydrogen-bond donors (Lipinski definition) is 1. The Bertz CT molecular complexity index is 812. The Kier molecular flexibility index (Phi) is 5.90. The van der Waals surface area contributed by atoms with Gasteiger partial charge < -0.3 is 20.1 Å². The van der Waals surface area contributed by atoms with Crippen LogP contribution in [0.1, 0.15) is 15.9 Å². The molecule has 0 radical (unpaired) electrons. The van der Waals surface area contributed by atoms with E-state index in [1.54, 1.807) is 23.1 Å². The molecule has 136 valence electrons. The lowest BCUT2D eigenvalue weighted by molar-refractivity contribution is -0.133. The van der Waals surface area contributed by atoms with Gasteiger partial charge in [-0.25, -0.2) is 0 Å². The lowest BCUT2D eigenvalue weighted by Gasteiger charge is -2.31. The molecule has 26 heavy (non-hydrogen) atoms. The second kappa shape index (κ2) is 8.33. The first-order chi connectivity index (χ1) is 12.6. The zero-order valence-electron chi connectivity index (χ0n) is 14.1. The van der Waals surface area contributed by atoms with Crippen molar-refractivity contribution in [1.29, 1.82) is 0 Å². The van der Waals surface area contributed by atoms with E-state index >= 15 is 0 Å². The summed E-state index contributed by atoms with van der Waals surface area (Å²) in [5, 5.41) is 0. The van der Waals surface area contributed by atoms with Gasteiger partial charge >= 0.3 is 0 Å². The van der Waals surface area contributed by atoms with Crippen LogP contribution in [0.15, 0.2) is 53.0 Å². The lowest BCUT2D eigenvalue weighted by Crippen LogP contribution is -2.50. The summed E-state index contributed by atoms with van der Waals surface area (Å²) in [7, 11) is 0. The summed E-state index contributed by atoms with van der Waals surface area (Å²) in [5.41, 5.74) is 6.72. The van der Waals surface area contributed by atoms with E-state index in [0.717, 1.165) is 10.0 Å². The van der Waals surface area contributed by atoms with Crippen molar-refractivity contribution in [1.82, 2.24) is 4.90 Å². The minimum atomic E-state index is -0.777. The minimum absolute atomic E-state index is 0.146. The number of morpholine rings is 1. The number of carbonyl (C=O) groups is 2. The van der Waals surface area contributed by atoms with Crippen molar-refractivity contribution in [2.75, 3.05) is 19.7 Å². The largest absolute Gasteiger partial charge is 0.488 e. The molecule has 1 aliphatic rings. The zero-order valence-corrected chi connectivity index (χ0v) is 15.6. The number of primary amides is 1. The fourth-order valence-corrected chi connectivity index (χ4v) is 3.12. The normalized spacial score (nSPS) is 17.0. The van der Waals surface area contributed by atoms with Gasteiger partial charge in [0.05, 0.1) is 18.7 Å². The Hall–Kier alpha value is -2.38. The molecule has 6 nitrogen and oxygen atoms in total. The van der Waals surface area contributed by atoms with Crippen molar-refractivity contribution in [2.24, 2.45) is 5.73 Å². The first-order valence-electron chi connectivity index (χ1n) is 8.21. The topological polar surface area (TPSA) is 81.9 Å². The second-order valence-electron chi connectivity index (χ2n) is 5.89. The number of nitrogens with two attached hydrogens (primary N) is 1. The van der Waals surface area contributed by atoms with Gasteiger partial charge in [0.15, 0.2) is 6.10 Å². The third kappa shape index (κ3) is 4.23. The minimum Gasteiger partial charge on any atom is -0.488 e. The molecule has 1 atom stereocenters. The number of hydrogen-bond acceptors (Lipinski definition) is 4.